The zero-order valence-corrected chi connectivity index (χ0v) is 23.5. The summed E-state index contributed by atoms with van der Waals surface area (Å²) in [5.41, 5.74) is 0.490. The highest BCUT2D eigenvalue weighted by atomic mass is 14.3. The Morgan fingerprint density at radius 2 is 1.28 bits per heavy atom. The van der Waals surface area contributed by atoms with E-state index < -0.39 is 0 Å². The Morgan fingerprint density at radius 3 is 1.48 bits per heavy atom. The van der Waals surface area contributed by atoms with Crippen molar-refractivity contribution in [1.29, 1.82) is 0 Å². The van der Waals surface area contributed by atoms with Crippen LogP contribution in [0.1, 0.15) is 141 Å². The van der Waals surface area contributed by atoms with E-state index in [9.17, 15) is 0 Å². The normalized spacial score (nSPS) is 21.7. The van der Waals surface area contributed by atoms with Gasteiger partial charge in [0.2, 0.25) is 0 Å². The van der Waals surface area contributed by atoms with Crippen molar-refractivity contribution in [2.75, 3.05) is 0 Å². The Hall–Kier alpha value is -0.260. The lowest BCUT2D eigenvalue weighted by Crippen LogP contribution is -2.25. The van der Waals surface area contributed by atoms with Gasteiger partial charge in [-0.05, 0) is 54.3 Å². The van der Waals surface area contributed by atoms with Gasteiger partial charge in [-0.25, -0.2) is 0 Å². The van der Waals surface area contributed by atoms with Crippen LogP contribution >= 0.6 is 0 Å². The smallest absolute Gasteiger partial charge is 0.0342 e. The summed E-state index contributed by atoms with van der Waals surface area (Å²) in [5.74, 6) is 4.74. The summed E-state index contributed by atoms with van der Waals surface area (Å²) in [7, 11) is 0. The van der Waals surface area contributed by atoms with Gasteiger partial charge in [-0.15, -0.1) is 13.2 Å². The monoisotopic (exact) mass is 413 g/mol. The Bertz CT molecular complexity index is 281. The summed E-state index contributed by atoms with van der Waals surface area (Å²) in [6, 6.07) is 0. The molecule has 180 valence electrons. The predicted octanol–water partition coefficient (Wildman–Crippen LogP) is 11.2. The number of hydrogen-bond donors (Lipinski definition) is 0. The number of unbranched alkanes of at least 4 members (excludes halogenated alkanes) is 1. The largest absolute Gasteiger partial charge is 0.106 e. The Morgan fingerprint density at radius 1 is 0.828 bits per heavy atom. The molecule has 0 heterocycles. The van der Waals surface area contributed by atoms with Crippen molar-refractivity contribution in [2.45, 2.75) is 141 Å². The molecule has 0 nitrogen and oxygen atoms in total. The summed E-state index contributed by atoms with van der Waals surface area (Å²) in [6.45, 7) is 35.5. The van der Waals surface area contributed by atoms with E-state index in [1.807, 2.05) is 13.8 Å². The van der Waals surface area contributed by atoms with Gasteiger partial charge in [0.25, 0.3) is 0 Å². The van der Waals surface area contributed by atoms with Gasteiger partial charge in [0, 0.05) is 0 Å². The molecule has 4 atom stereocenters. The molecule has 0 aromatic rings. The number of hydrogen-bond acceptors (Lipinski definition) is 0. The van der Waals surface area contributed by atoms with Crippen LogP contribution in [0, 0.1) is 35.0 Å². The minimum Gasteiger partial charge on any atom is -0.106 e. The highest BCUT2D eigenvalue weighted by Gasteiger charge is 2.26. The molecule has 29 heavy (non-hydrogen) atoms. The first-order valence-electron chi connectivity index (χ1n) is 13.0. The van der Waals surface area contributed by atoms with E-state index in [0.29, 0.717) is 5.41 Å². The van der Waals surface area contributed by atoms with Gasteiger partial charge in [-0.3, -0.25) is 0 Å². The SMILES string of the molecule is C=C.CC.CCC1CCC(C)CC1C.CCCC.CCCC(C(C)C)C(C)(C)C. The van der Waals surface area contributed by atoms with Crippen LogP contribution in [0.15, 0.2) is 13.2 Å². The van der Waals surface area contributed by atoms with Gasteiger partial charge in [0.1, 0.15) is 0 Å². The fraction of sp³-hybridized carbons (Fsp3) is 0.931. The third-order valence-electron chi connectivity index (χ3n) is 6.15. The van der Waals surface area contributed by atoms with Gasteiger partial charge in [-0.1, -0.05) is 122 Å². The molecule has 0 bridgehead atoms. The maximum Gasteiger partial charge on any atom is -0.0342 e. The zero-order valence-electron chi connectivity index (χ0n) is 23.5. The zero-order chi connectivity index (χ0) is 24.0. The Labute approximate surface area is 189 Å². The standard InChI is InChI=1S/C11H24.C10H20.C4H10.C2H6.C2H4/c1-7-8-10(9(2)3)11(4,5)6;1-4-10-6-5-8(2)7-9(10)3;1-3-4-2;2*1-2/h9-10H,7-8H2,1-6H3;8-10H,4-7H2,1-3H3;3-4H2,1-2H3;1-2H3;1-2H2. The summed E-state index contributed by atoms with van der Waals surface area (Å²) in [4.78, 5) is 0. The van der Waals surface area contributed by atoms with E-state index in [4.69, 9.17) is 0 Å². The molecule has 0 aliphatic heterocycles. The van der Waals surface area contributed by atoms with Gasteiger partial charge >= 0.3 is 0 Å². The van der Waals surface area contributed by atoms with Crippen molar-refractivity contribution >= 4 is 0 Å². The summed E-state index contributed by atoms with van der Waals surface area (Å²) in [5, 5.41) is 0. The fourth-order valence-corrected chi connectivity index (χ4v) is 4.41. The molecule has 0 spiro atoms. The molecule has 1 fully saturated rings. The van der Waals surface area contributed by atoms with Crippen molar-refractivity contribution in [2.24, 2.45) is 35.0 Å². The first-order valence-corrected chi connectivity index (χ1v) is 13.0. The molecule has 1 rings (SSSR count). The van der Waals surface area contributed by atoms with Crippen molar-refractivity contribution in [3.8, 4) is 0 Å². The van der Waals surface area contributed by atoms with Gasteiger partial charge in [0.05, 0.1) is 0 Å². The van der Waals surface area contributed by atoms with Crippen LogP contribution < -0.4 is 0 Å². The molecule has 0 aromatic carbocycles. The Balaban J connectivity index is -0.000000159. The molecule has 1 aliphatic rings. The highest BCUT2D eigenvalue weighted by Crippen LogP contribution is 2.35. The van der Waals surface area contributed by atoms with Crippen LogP contribution in [0.3, 0.4) is 0 Å². The van der Waals surface area contributed by atoms with Gasteiger partial charge in [-0.2, -0.15) is 0 Å². The average molecular weight is 413 g/mol. The van der Waals surface area contributed by atoms with E-state index in [2.05, 4.69) is 89.3 Å². The van der Waals surface area contributed by atoms with E-state index in [1.54, 1.807) is 0 Å². The summed E-state index contributed by atoms with van der Waals surface area (Å²) < 4.78 is 0. The van der Waals surface area contributed by atoms with E-state index in [1.165, 1.54) is 51.4 Å². The van der Waals surface area contributed by atoms with Crippen molar-refractivity contribution in [1.82, 2.24) is 0 Å². The van der Waals surface area contributed by atoms with Crippen LogP contribution in [0.25, 0.3) is 0 Å². The quantitative estimate of drug-likeness (QED) is 0.394. The lowest BCUT2D eigenvalue weighted by Gasteiger charge is -2.33. The van der Waals surface area contributed by atoms with Crippen LogP contribution in [-0.2, 0) is 0 Å². The van der Waals surface area contributed by atoms with Crippen molar-refractivity contribution < 1.29 is 0 Å². The van der Waals surface area contributed by atoms with E-state index >= 15 is 0 Å². The second-order valence-corrected chi connectivity index (χ2v) is 10.1. The van der Waals surface area contributed by atoms with Crippen molar-refractivity contribution in [3.05, 3.63) is 13.2 Å². The average Bonchev–Trinajstić information content (AvgIpc) is 2.69. The molecule has 0 radical (unpaired) electrons. The minimum atomic E-state index is 0.490. The molecule has 0 N–H and O–H groups in total. The Kier molecular flexibility index (Phi) is 29.9. The highest BCUT2D eigenvalue weighted by molar-refractivity contribution is 4.76. The topological polar surface area (TPSA) is 0 Å². The van der Waals surface area contributed by atoms with Crippen LogP contribution in [0.2, 0.25) is 0 Å². The molecule has 0 aromatic heterocycles. The third kappa shape index (κ3) is 22.3. The first kappa shape index (κ1) is 36.1. The van der Waals surface area contributed by atoms with Gasteiger partial charge in [0.15, 0.2) is 0 Å². The predicted molar refractivity (Wildman–Crippen MR) is 142 cm³/mol. The van der Waals surface area contributed by atoms with Gasteiger partial charge < -0.3 is 0 Å². The van der Waals surface area contributed by atoms with E-state index in [-0.39, 0.29) is 0 Å². The third-order valence-corrected chi connectivity index (χ3v) is 6.15. The first-order chi connectivity index (χ1) is 13.5. The molecule has 0 amide bonds. The molecule has 0 saturated heterocycles. The lowest BCUT2D eigenvalue weighted by atomic mass is 9.72. The molecular weight excluding hydrogens is 348 g/mol. The molecule has 4 unspecified atom stereocenters. The maximum atomic E-state index is 3.00. The fourth-order valence-electron chi connectivity index (χ4n) is 4.41. The number of rotatable bonds is 5. The van der Waals surface area contributed by atoms with E-state index in [0.717, 1.165) is 29.6 Å². The molecule has 1 saturated carbocycles. The second-order valence-electron chi connectivity index (χ2n) is 10.1. The lowest BCUT2D eigenvalue weighted by molar-refractivity contribution is 0.165. The summed E-state index contributed by atoms with van der Waals surface area (Å²) in [6.07, 6.45) is 11.2. The van der Waals surface area contributed by atoms with Crippen LogP contribution in [0.4, 0.5) is 0 Å². The second kappa shape index (κ2) is 24.0. The molecular formula is C29H64. The van der Waals surface area contributed by atoms with Crippen LogP contribution in [0.5, 0.6) is 0 Å². The molecule has 0 heteroatoms. The van der Waals surface area contributed by atoms with Crippen molar-refractivity contribution in [3.63, 3.8) is 0 Å². The minimum absolute atomic E-state index is 0.490. The van der Waals surface area contributed by atoms with Crippen LogP contribution in [-0.4, -0.2) is 0 Å². The summed E-state index contributed by atoms with van der Waals surface area (Å²) >= 11 is 0. The maximum absolute atomic E-state index is 3.00. The molecule has 1 aliphatic carbocycles.